The summed E-state index contributed by atoms with van der Waals surface area (Å²) in [5, 5.41) is 14.8. The summed E-state index contributed by atoms with van der Waals surface area (Å²) >= 11 is 5.97. The third-order valence-electron chi connectivity index (χ3n) is 4.39. The minimum absolute atomic E-state index is 0.113. The summed E-state index contributed by atoms with van der Waals surface area (Å²) in [6, 6.07) is 9.31. The van der Waals surface area contributed by atoms with Crippen molar-refractivity contribution in [1.82, 2.24) is 20.3 Å². The summed E-state index contributed by atoms with van der Waals surface area (Å²) in [4.78, 5) is 14.4. The Labute approximate surface area is 155 Å². The summed E-state index contributed by atoms with van der Waals surface area (Å²) in [5.74, 6) is 0.988. The Morgan fingerprint density at radius 3 is 2.92 bits per heavy atom. The van der Waals surface area contributed by atoms with Crippen molar-refractivity contribution in [3.63, 3.8) is 0 Å². The predicted molar refractivity (Wildman–Crippen MR) is 97.9 cm³/mol. The summed E-state index contributed by atoms with van der Waals surface area (Å²) in [6.45, 7) is 3.53. The minimum Gasteiger partial charge on any atom is -0.360 e. The van der Waals surface area contributed by atoms with Gasteiger partial charge in [0.2, 0.25) is 5.91 Å². The first-order valence-electron chi connectivity index (χ1n) is 8.36. The molecule has 0 aliphatic carbocycles. The summed E-state index contributed by atoms with van der Waals surface area (Å²) in [7, 11) is 0. The Bertz CT molecular complexity index is 931. The Kier molecular flexibility index (Phi) is 4.48. The lowest BCUT2D eigenvalue weighted by Crippen LogP contribution is -2.37. The molecule has 0 radical (unpaired) electrons. The number of carbonyl (C=O) groups excluding carboxylic acids is 1. The van der Waals surface area contributed by atoms with Gasteiger partial charge in [-0.1, -0.05) is 28.9 Å². The third-order valence-corrected chi connectivity index (χ3v) is 4.64. The first-order valence-corrected chi connectivity index (χ1v) is 8.74. The van der Waals surface area contributed by atoms with E-state index in [0.717, 1.165) is 35.5 Å². The van der Waals surface area contributed by atoms with E-state index in [4.69, 9.17) is 16.1 Å². The molecule has 0 saturated heterocycles. The molecule has 26 heavy (non-hydrogen) atoms. The van der Waals surface area contributed by atoms with E-state index in [2.05, 4.69) is 25.6 Å². The number of H-pyrrole nitrogens is 1. The number of aromatic nitrogens is 3. The van der Waals surface area contributed by atoms with Crippen LogP contribution in [0.15, 0.2) is 34.9 Å². The first kappa shape index (κ1) is 16.8. The second kappa shape index (κ2) is 6.93. The molecule has 1 aromatic carbocycles. The number of aryl methyl sites for hydroxylation is 1. The van der Waals surface area contributed by atoms with Gasteiger partial charge in [-0.25, -0.2) is 0 Å². The number of rotatable bonds is 4. The van der Waals surface area contributed by atoms with Crippen LogP contribution < -0.4 is 5.32 Å². The summed E-state index contributed by atoms with van der Waals surface area (Å²) < 4.78 is 4.96. The van der Waals surface area contributed by atoms with Gasteiger partial charge in [-0.3, -0.25) is 14.8 Å². The van der Waals surface area contributed by atoms with E-state index in [-0.39, 0.29) is 12.5 Å². The average Bonchev–Trinajstić information content (AvgIpc) is 3.21. The Balaban J connectivity index is 1.46. The quantitative estimate of drug-likeness (QED) is 0.736. The fraction of sp³-hybridized carbons (Fsp3) is 0.278. The van der Waals surface area contributed by atoms with Gasteiger partial charge in [0.05, 0.1) is 12.2 Å². The lowest BCUT2D eigenvalue weighted by Gasteiger charge is -2.26. The van der Waals surface area contributed by atoms with Gasteiger partial charge in [0.15, 0.2) is 5.82 Å². The van der Waals surface area contributed by atoms with Gasteiger partial charge in [0, 0.05) is 47.4 Å². The second-order valence-electron chi connectivity index (χ2n) is 6.37. The zero-order valence-electron chi connectivity index (χ0n) is 14.3. The number of halogens is 1. The molecular formula is C18H18ClN5O2. The molecule has 0 spiro atoms. The van der Waals surface area contributed by atoms with Gasteiger partial charge >= 0.3 is 0 Å². The molecule has 0 atom stereocenters. The van der Waals surface area contributed by atoms with E-state index < -0.39 is 0 Å². The van der Waals surface area contributed by atoms with E-state index in [1.54, 1.807) is 13.0 Å². The number of aromatic amines is 1. The molecule has 134 valence electrons. The Hall–Kier alpha value is -2.64. The molecule has 3 heterocycles. The van der Waals surface area contributed by atoms with Crippen molar-refractivity contribution < 1.29 is 9.32 Å². The lowest BCUT2D eigenvalue weighted by molar-refractivity contribution is -0.117. The monoisotopic (exact) mass is 371 g/mol. The van der Waals surface area contributed by atoms with Crippen LogP contribution in [0.1, 0.15) is 17.0 Å². The fourth-order valence-electron chi connectivity index (χ4n) is 3.14. The largest absolute Gasteiger partial charge is 0.360 e. The molecule has 8 heteroatoms. The van der Waals surface area contributed by atoms with Crippen molar-refractivity contribution in [2.24, 2.45) is 0 Å². The van der Waals surface area contributed by atoms with Crippen LogP contribution in [0.2, 0.25) is 5.02 Å². The molecular weight excluding hydrogens is 354 g/mol. The molecule has 0 fully saturated rings. The van der Waals surface area contributed by atoms with Crippen molar-refractivity contribution in [1.29, 1.82) is 0 Å². The zero-order chi connectivity index (χ0) is 18.1. The van der Waals surface area contributed by atoms with Gasteiger partial charge < -0.3 is 9.84 Å². The zero-order valence-corrected chi connectivity index (χ0v) is 15.0. The van der Waals surface area contributed by atoms with Crippen LogP contribution in [0, 0.1) is 6.92 Å². The number of fused-ring (bicyclic) bond motifs is 1. The minimum atomic E-state index is -0.113. The van der Waals surface area contributed by atoms with Crippen LogP contribution >= 0.6 is 11.6 Å². The number of nitrogens with zero attached hydrogens (tertiary/aromatic N) is 3. The van der Waals surface area contributed by atoms with E-state index in [0.29, 0.717) is 23.1 Å². The van der Waals surface area contributed by atoms with Crippen LogP contribution in [0.25, 0.3) is 11.3 Å². The van der Waals surface area contributed by atoms with Gasteiger partial charge in [-0.15, -0.1) is 0 Å². The highest BCUT2D eigenvalue weighted by atomic mass is 35.5. The van der Waals surface area contributed by atoms with E-state index in [1.165, 1.54) is 0 Å². The maximum atomic E-state index is 12.3. The normalized spacial score (nSPS) is 14.2. The summed E-state index contributed by atoms with van der Waals surface area (Å²) in [5.41, 5.74) is 4.17. The molecule has 1 aliphatic rings. The van der Waals surface area contributed by atoms with Crippen molar-refractivity contribution in [2.45, 2.75) is 19.9 Å². The molecule has 0 bridgehead atoms. The van der Waals surface area contributed by atoms with Crippen molar-refractivity contribution in [3.8, 4) is 11.3 Å². The predicted octanol–water partition coefficient (Wildman–Crippen LogP) is 3.02. The van der Waals surface area contributed by atoms with Crippen LogP contribution in [0.3, 0.4) is 0 Å². The molecule has 4 rings (SSSR count). The molecule has 0 saturated carbocycles. The van der Waals surface area contributed by atoms with E-state index in [9.17, 15) is 4.79 Å². The first-order chi connectivity index (χ1) is 12.6. The molecule has 1 aliphatic heterocycles. The fourth-order valence-corrected chi connectivity index (χ4v) is 3.27. The van der Waals surface area contributed by atoms with Gasteiger partial charge in [-0.2, -0.15) is 5.10 Å². The van der Waals surface area contributed by atoms with Crippen molar-refractivity contribution in [3.05, 3.63) is 52.4 Å². The van der Waals surface area contributed by atoms with Gasteiger partial charge in [-0.05, 0) is 19.1 Å². The Morgan fingerprint density at radius 1 is 1.38 bits per heavy atom. The second-order valence-corrected chi connectivity index (χ2v) is 6.80. The molecule has 0 unspecified atom stereocenters. The standard InChI is InChI=1S/C18H18ClN5O2/c1-11-8-16(23-26-11)20-17(25)10-24-7-6-15-14(9-24)18(22-21-15)12-2-4-13(19)5-3-12/h2-5,8H,6-7,9-10H2,1H3,(H,21,22)(H,20,23,25). The summed E-state index contributed by atoms with van der Waals surface area (Å²) in [6.07, 6.45) is 0.826. The van der Waals surface area contributed by atoms with Gasteiger partial charge in [0.25, 0.3) is 0 Å². The van der Waals surface area contributed by atoms with Crippen molar-refractivity contribution >= 4 is 23.3 Å². The maximum Gasteiger partial charge on any atom is 0.239 e. The topological polar surface area (TPSA) is 87.0 Å². The average molecular weight is 372 g/mol. The molecule has 7 nitrogen and oxygen atoms in total. The molecule has 3 aromatic rings. The van der Waals surface area contributed by atoms with E-state index >= 15 is 0 Å². The number of hydrogen-bond donors (Lipinski definition) is 2. The number of hydrogen-bond acceptors (Lipinski definition) is 5. The lowest BCUT2D eigenvalue weighted by atomic mass is 10.0. The van der Waals surface area contributed by atoms with Crippen molar-refractivity contribution in [2.75, 3.05) is 18.4 Å². The van der Waals surface area contributed by atoms with Crippen LogP contribution in [0.4, 0.5) is 5.82 Å². The number of amides is 1. The maximum absolute atomic E-state index is 12.3. The number of anilines is 1. The molecule has 1 amide bonds. The number of carbonyl (C=O) groups is 1. The highest BCUT2D eigenvalue weighted by Crippen LogP contribution is 2.29. The SMILES string of the molecule is Cc1cc(NC(=O)CN2CCc3[nH]nc(-c4ccc(Cl)cc4)c3C2)no1. The van der Waals surface area contributed by atoms with Gasteiger partial charge in [0.1, 0.15) is 5.76 Å². The third kappa shape index (κ3) is 3.49. The highest BCUT2D eigenvalue weighted by Gasteiger charge is 2.24. The van der Waals surface area contributed by atoms with Crippen LogP contribution in [0.5, 0.6) is 0 Å². The van der Waals surface area contributed by atoms with E-state index in [1.807, 2.05) is 24.3 Å². The molecule has 2 N–H and O–H groups in total. The van der Waals surface area contributed by atoms with Crippen LogP contribution in [-0.4, -0.2) is 39.3 Å². The Morgan fingerprint density at radius 2 is 2.19 bits per heavy atom. The molecule has 2 aromatic heterocycles. The smallest absolute Gasteiger partial charge is 0.239 e. The van der Waals surface area contributed by atoms with Crippen LogP contribution in [-0.2, 0) is 17.8 Å². The number of nitrogens with one attached hydrogen (secondary N) is 2. The number of benzene rings is 1. The highest BCUT2D eigenvalue weighted by molar-refractivity contribution is 6.30.